The lowest BCUT2D eigenvalue weighted by Crippen LogP contribution is -1.95. The van der Waals surface area contributed by atoms with Crippen molar-refractivity contribution in [1.29, 1.82) is 0 Å². The van der Waals surface area contributed by atoms with Crippen molar-refractivity contribution in [3.8, 4) is 5.69 Å². The molecule has 1 aromatic heterocycles. The van der Waals surface area contributed by atoms with Crippen LogP contribution in [0.2, 0.25) is 0 Å². The van der Waals surface area contributed by atoms with E-state index in [9.17, 15) is 0 Å². The third-order valence-electron chi connectivity index (χ3n) is 5.58. The Balaban J connectivity index is 1.82. The number of hydrogen-bond donors (Lipinski definition) is 0. The van der Waals surface area contributed by atoms with Crippen molar-refractivity contribution in [2.45, 2.75) is 0 Å². The van der Waals surface area contributed by atoms with E-state index in [1.807, 2.05) is 0 Å². The highest BCUT2D eigenvalue weighted by molar-refractivity contribution is 6.13. The molecule has 1 nitrogen and oxygen atoms in total. The number of para-hydroxylation sites is 2. The Bertz CT molecular complexity index is 1420. The van der Waals surface area contributed by atoms with Gasteiger partial charge < -0.3 is 4.57 Å². The van der Waals surface area contributed by atoms with Crippen LogP contribution in [0.15, 0.2) is 103 Å². The van der Waals surface area contributed by atoms with Crippen molar-refractivity contribution in [1.82, 2.24) is 4.57 Å². The van der Waals surface area contributed by atoms with E-state index in [0.717, 1.165) is 0 Å². The second-order valence-electron chi connectivity index (χ2n) is 7.03. The predicted molar refractivity (Wildman–Crippen MR) is 116 cm³/mol. The van der Waals surface area contributed by atoms with Gasteiger partial charge in [0.1, 0.15) is 0 Å². The summed E-state index contributed by atoms with van der Waals surface area (Å²) in [5.41, 5.74) is 3.73. The summed E-state index contributed by atoms with van der Waals surface area (Å²) in [6.07, 6.45) is 0. The van der Waals surface area contributed by atoms with Gasteiger partial charge in [-0.15, -0.1) is 0 Å². The van der Waals surface area contributed by atoms with E-state index in [1.165, 1.54) is 49.0 Å². The number of fused-ring (bicyclic) bond motifs is 6. The molecule has 0 saturated heterocycles. The molecule has 0 N–H and O–H groups in total. The van der Waals surface area contributed by atoms with Gasteiger partial charge in [-0.05, 0) is 34.4 Å². The minimum atomic E-state index is 1.23. The van der Waals surface area contributed by atoms with Gasteiger partial charge in [0.05, 0.1) is 16.7 Å². The van der Waals surface area contributed by atoms with Gasteiger partial charge in [0.15, 0.2) is 0 Å². The third kappa shape index (κ3) is 2.00. The van der Waals surface area contributed by atoms with Gasteiger partial charge in [-0.25, -0.2) is 0 Å². The van der Waals surface area contributed by atoms with E-state index in [1.54, 1.807) is 0 Å². The molecule has 0 atom stereocenters. The molecular formula is C26H17N. The smallest absolute Gasteiger partial charge is 0.0541 e. The van der Waals surface area contributed by atoms with Gasteiger partial charge in [0.2, 0.25) is 0 Å². The van der Waals surface area contributed by atoms with E-state index in [-0.39, 0.29) is 0 Å². The molecule has 0 aliphatic carbocycles. The predicted octanol–water partition coefficient (Wildman–Crippen LogP) is 7.09. The Morgan fingerprint density at radius 3 is 1.70 bits per heavy atom. The molecule has 0 unspecified atom stereocenters. The Hall–Kier alpha value is -3.58. The lowest BCUT2D eigenvalue weighted by molar-refractivity contribution is 1.20. The highest BCUT2D eigenvalue weighted by Gasteiger charge is 2.13. The first kappa shape index (κ1) is 14.6. The number of hydrogen-bond acceptors (Lipinski definition) is 0. The number of aromatic nitrogens is 1. The molecule has 1 heteroatoms. The summed E-state index contributed by atoms with van der Waals surface area (Å²) in [4.78, 5) is 0. The molecule has 6 aromatic rings. The summed E-state index contributed by atoms with van der Waals surface area (Å²) >= 11 is 0. The van der Waals surface area contributed by atoms with E-state index in [2.05, 4.69) is 108 Å². The topological polar surface area (TPSA) is 4.93 Å². The first-order chi connectivity index (χ1) is 13.4. The average molecular weight is 343 g/mol. The molecule has 0 bridgehead atoms. The lowest BCUT2D eigenvalue weighted by atomic mass is 10.0. The summed E-state index contributed by atoms with van der Waals surface area (Å²) in [7, 11) is 0. The average Bonchev–Trinajstić information content (AvgIpc) is 3.07. The first-order valence-electron chi connectivity index (χ1n) is 9.31. The molecule has 0 radical (unpaired) electrons. The van der Waals surface area contributed by atoms with Crippen LogP contribution >= 0.6 is 0 Å². The number of nitrogens with zero attached hydrogens (tertiary/aromatic N) is 1. The molecule has 0 aliphatic rings. The van der Waals surface area contributed by atoms with Gasteiger partial charge in [0.25, 0.3) is 0 Å². The van der Waals surface area contributed by atoms with E-state index in [4.69, 9.17) is 0 Å². The molecule has 126 valence electrons. The summed E-state index contributed by atoms with van der Waals surface area (Å²) in [5.74, 6) is 0. The fourth-order valence-corrected chi connectivity index (χ4v) is 4.40. The third-order valence-corrected chi connectivity index (χ3v) is 5.58. The van der Waals surface area contributed by atoms with Crippen LogP contribution in [0.25, 0.3) is 49.0 Å². The first-order valence-corrected chi connectivity index (χ1v) is 9.31. The molecular weight excluding hydrogens is 326 g/mol. The lowest BCUT2D eigenvalue weighted by Gasteiger charge is -2.13. The van der Waals surface area contributed by atoms with Crippen molar-refractivity contribution >= 4 is 43.4 Å². The molecule has 0 fully saturated rings. The Morgan fingerprint density at radius 2 is 0.963 bits per heavy atom. The van der Waals surface area contributed by atoms with Crippen LogP contribution in [-0.4, -0.2) is 4.57 Å². The standard InChI is InChI=1S/C26H17N/c1-2-9-19-18(8-1)16-17-23-20(19)12-7-15-26(23)27-24-13-5-3-10-21(24)22-11-4-6-14-25(22)27/h1-17H. The van der Waals surface area contributed by atoms with Crippen molar-refractivity contribution < 1.29 is 0 Å². The van der Waals surface area contributed by atoms with Crippen molar-refractivity contribution in [3.63, 3.8) is 0 Å². The molecule has 0 spiro atoms. The minimum absolute atomic E-state index is 1.23. The summed E-state index contributed by atoms with van der Waals surface area (Å²) in [5, 5.41) is 7.76. The largest absolute Gasteiger partial charge is 0.309 e. The Morgan fingerprint density at radius 1 is 0.370 bits per heavy atom. The zero-order chi connectivity index (χ0) is 17.8. The fourth-order valence-electron chi connectivity index (χ4n) is 4.40. The molecule has 27 heavy (non-hydrogen) atoms. The summed E-state index contributed by atoms with van der Waals surface area (Å²) in [6.45, 7) is 0. The summed E-state index contributed by atoms with van der Waals surface area (Å²) < 4.78 is 2.40. The van der Waals surface area contributed by atoms with Crippen molar-refractivity contribution in [3.05, 3.63) is 103 Å². The molecule has 0 saturated carbocycles. The maximum Gasteiger partial charge on any atom is 0.0541 e. The Labute approximate surface area is 157 Å². The molecule has 0 amide bonds. The van der Waals surface area contributed by atoms with Gasteiger partial charge in [-0.3, -0.25) is 0 Å². The van der Waals surface area contributed by atoms with Crippen LogP contribution in [0.4, 0.5) is 0 Å². The second kappa shape index (κ2) is 5.46. The van der Waals surface area contributed by atoms with Gasteiger partial charge >= 0.3 is 0 Å². The minimum Gasteiger partial charge on any atom is -0.309 e. The van der Waals surface area contributed by atoms with Crippen LogP contribution in [0.3, 0.4) is 0 Å². The van der Waals surface area contributed by atoms with E-state index < -0.39 is 0 Å². The highest BCUT2D eigenvalue weighted by atomic mass is 15.0. The monoisotopic (exact) mass is 343 g/mol. The number of benzene rings is 5. The van der Waals surface area contributed by atoms with Gasteiger partial charge in [-0.2, -0.15) is 0 Å². The van der Waals surface area contributed by atoms with Crippen molar-refractivity contribution in [2.75, 3.05) is 0 Å². The maximum absolute atomic E-state index is 2.40. The zero-order valence-corrected chi connectivity index (χ0v) is 14.8. The van der Waals surface area contributed by atoms with Gasteiger partial charge in [-0.1, -0.05) is 84.9 Å². The molecule has 1 heterocycles. The second-order valence-corrected chi connectivity index (χ2v) is 7.03. The zero-order valence-electron chi connectivity index (χ0n) is 14.8. The SMILES string of the molecule is c1ccc2c(c1)ccc1c(-n3c4ccccc4c4ccccc43)cccc12. The van der Waals surface area contributed by atoms with Crippen LogP contribution in [0.5, 0.6) is 0 Å². The molecule has 6 rings (SSSR count). The van der Waals surface area contributed by atoms with E-state index >= 15 is 0 Å². The highest BCUT2D eigenvalue weighted by Crippen LogP contribution is 2.36. The Kier molecular flexibility index (Phi) is 2.95. The van der Waals surface area contributed by atoms with Crippen molar-refractivity contribution in [2.24, 2.45) is 0 Å². The van der Waals surface area contributed by atoms with Gasteiger partial charge in [0, 0.05) is 16.2 Å². The van der Waals surface area contributed by atoms with Crippen LogP contribution < -0.4 is 0 Å². The molecule has 5 aromatic carbocycles. The van der Waals surface area contributed by atoms with E-state index in [0.29, 0.717) is 0 Å². The van der Waals surface area contributed by atoms with Crippen LogP contribution in [-0.2, 0) is 0 Å². The molecule has 0 aliphatic heterocycles. The maximum atomic E-state index is 2.40. The number of rotatable bonds is 1. The van der Waals surface area contributed by atoms with Crippen LogP contribution in [0, 0.1) is 0 Å². The summed E-state index contributed by atoms with van der Waals surface area (Å²) in [6, 6.07) is 37.1. The fraction of sp³-hybridized carbons (Fsp3) is 0. The van der Waals surface area contributed by atoms with Crippen LogP contribution in [0.1, 0.15) is 0 Å². The quantitative estimate of drug-likeness (QED) is 0.281. The normalized spacial score (nSPS) is 11.7.